The molecule has 5 nitrogen and oxygen atoms in total. The highest BCUT2D eigenvalue weighted by atomic mass is 35.7. The fourth-order valence-corrected chi connectivity index (χ4v) is 3.93. The van der Waals surface area contributed by atoms with Crippen LogP contribution in [0.2, 0.25) is 0 Å². The first-order chi connectivity index (χ1) is 8.99. The number of imidazole rings is 1. The normalized spacial score (nSPS) is 26.9. The number of rotatable bonds is 2. The monoisotopic (exact) mass is 304 g/mol. The van der Waals surface area contributed by atoms with Gasteiger partial charge in [0.25, 0.3) is 9.05 Å². The Balaban J connectivity index is 1.80. The molecule has 1 saturated carbocycles. The van der Waals surface area contributed by atoms with E-state index in [0.717, 1.165) is 32.3 Å². The SMILES string of the molecule is O=S(=O)(Cl)c1cn(C2CCOC3(CCCC3)C2)cn1. The van der Waals surface area contributed by atoms with Crippen LogP contribution in [-0.4, -0.2) is 30.2 Å². The van der Waals surface area contributed by atoms with E-state index in [-0.39, 0.29) is 16.7 Å². The second-order valence-corrected chi connectivity index (χ2v) is 7.99. The highest BCUT2D eigenvalue weighted by Gasteiger charge is 2.40. The quantitative estimate of drug-likeness (QED) is 0.788. The lowest BCUT2D eigenvalue weighted by Crippen LogP contribution is -2.37. The van der Waals surface area contributed by atoms with Crippen molar-refractivity contribution >= 4 is 19.7 Å². The average molecular weight is 305 g/mol. The summed E-state index contributed by atoms with van der Waals surface area (Å²) in [5, 5.41) is -0.0684. The smallest absolute Gasteiger partial charge is 0.280 e. The summed E-state index contributed by atoms with van der Waals surface area (Å²) in [4.78, 5) is 3.88. The maximum Gasteiger partial charge on any atom is 0.280 e. The molecule has 106 valence electrons. The molecule has 7 heteroatoms. The van der Waals surface area contributed by atoms with Crippen LogP contribution >= 0.6 is 10.7 Å². The fraction of sp³-hybridized carbons (Fsp3) is 0.750. The van der Waals surface area contributed by atoms with E-state index < -0.39 is 9.05 Å². The number of hydrogen-bond donors (Lipinski definition) is 0. The van der Waals surface area contributed by atoms with Crippen molar-refractivity contribution in [2.24, 2.45) is 0 Å². The van der Waals surface area contributed by atoms with Gasteiger partial charge in [0.1, 0.15) is 0 Å². The number of aromatic nitrogens is 2. The largest absolute Gasteiger partial charge is 0.375 e. The zero-order chi connectivity index (χ0) is 13.5. The third kappa shape index (κ3) is 2.66. The zero-order valence-corrected chi connectivity index (χ0v) is 12.2. The van der Waals surface area contributed by atoms with Gasteiger partial charge in [0.05, 0.1) is 11.9 Å². The molecule has 1 aromatic rings. The Bertz CT molecular complexity index is 563. The minimum atomic E-state index is -3.74. The summed E-state index contributed by atoms with van der Waals surface area (Å²) in [5.41, 5.74) is 0.00713. The van der Waals surface area contributed by atoms with Crippen molar-refractivity contribution in [1.82, 2.24) is 9.55 Å². The molecule has 0 radical (unpaired) electrons. The van der Waals surface area contributed by atoms with Crippen molar-refractivity contribution in [3.05, 3.63) is 12.5 Å². The first kappa shape index (κ1) is 13.4. The van der Waals surface area contributed by atoms with Crippen molar-refractivity contribution < 1.29 is 13.2 Å². The van der Waals surface area contributed by atoms with E-state index in [1.165, 1.54) is 19.0 Å². The van der Waals surface area contributed by atoms with Crippen molar-refractivity contribution in [2.45, 2.75) is 55.2 Å². The molecule has 2 aliphatic rings. The van der Waals surface area contributed by atoms with Crippen LogP contribution in [0.5, 0.6) is 0 Å². The molecular weight excluding hydrogens is 288 g/mol. The molecule has 2 fully saturated rings. The first-order valence-corrected chi connectivity index (χ1v) is 8.92. The lowest BCUT2D eigenvalue weighted by molar-refractivity contribution is -0.0895. The van der Waals surface area contributed by atoms with E-state index in [0.29, 0.717) is 0 Å². The van der Waals surface area contributed by atoms with E-state index in [9.17, 15) is 8.42 Å². The van der Waals surface area contributed by atoms with E-state index >= 15 is 0 Å². The summed E-state index contributed by atoms with van der Waals surface area (Å²) >= 11 is 0. The van der Waals surface area contributed by atoms with Crippen molar-refractivity contribution in [3.63, 3.8) is 0 Å². The summed E-state index contributed by atoms with van der Waals surface area (Å²) in [7, 11) is 1.56. The van der Waals surface area contributed by atoms with E-state index in [4.69, 9.17) is 15.4 Å². The standard InChI is InChI=1S/C12H17ClN2O3S/c13-19(16,17)11-8-15(9-14-11)10-3-6-18-12(7-10)4-1-2-5-12/h8-10H,1-7H2. The topological polar surface area (TPSA) is 61.2 Å². The van der Waals surface area contributed by atoms with Gasteiger partial charge < -0.3 is 9.30 Å². The van der Waals surface area contributed by atoms with Gasteiger partial charge in [0.15, 0.2) is 5.03 Å². The van der Waals surface area contributed by atoms with Gasteiger partial charge in [0.2, 0.25) is 0 Å². The van der Waals surface area contributed by atoms with Crippen LogP contribution in [0.25, 0.3) is 0 Å². The highest BCUT2D eigenvalue weighted by Crippen LogP contribution is 2.43. The Morgan fingerprint density at radius 2 is 2.16 bits per heavy atom. The fourth-order valence-electron chi connectivity index (χ4n) is 3.27. The predicted molar refractivity (Wildman–Crippen MR) is 70.7 cm³/mol. The molecule has 0 amide bonds. The van der Waals surface area contributed by atoms with Crippen LogP contribution in [0.4, 0.5) is 0 Å². The second-order valence-electron chi connectivity index (χ2n) is 5.48. The van der Waals surface area contributed by atoms with Gasteiger partial charge >= 0.3 is 0 Å². The van der Waals surface area contributed by atoms with Gasteiger partial charge in [0, 0.05) is 29.5 Å². The second kappa shape index (κ2) is 4.75. The summed E-state index contributed by atoms with van der Waals surface area (Å²) in [6, 6.07) is 0.256. The van der Waals surface area contributed by atoms with Gasteiger partial charge in [-0.1, -0.05) is 12.8 Å². The molecule has 0 bridgehead atoms. The van der Waals surface area contributed by atoms with Gasteiger partial charge in [-0.3, -0.25) is 0 Å². The zero-order valence-electron chi connectivity index (χ0n) is 10.6. The van der Waals surface area contributed by atoms with Crippen LogP contribution in [0.15, 0.2) is 17.6 Å². The Morgan fingerprint density at radius 1 is 1.42 bits per heavy atom. The van der Waals surface area contributed by atoms with Crippen LogP contribution in [0.1, 0.15) is 44.6 Å². The van der Waals surface area contributed by atoms with Crippen LogP contribution in [0.3, 0.4) is 0 Å². The summed E-state index contributed by atoms with van der Waals surface area (Å²) < 4.78 is 30.3. The van der Waals surface area contributed by atoms with Crippen LogP contribution < -0.4 is 0 Å². The molecule has 2 heterocycles. The molecule has 1 saturated heterocycles. The van der Waals surface area contributed by atoms with Crippen molar-refractivity contribution in [1.29, 1.82) is 0 Å². The van der Waals surface area contributed by atoms with Gasteiger partial charge in [-0.15, -0.1) is 0 Å². The Labute approximate surface area is 117 Å². The molecule has 19 heavy (non-hydrogen) atoms. The molecule has 1 aromatic heterocycles. The lowest BCUT2D eigenvalue weighted by Gasteiger charge is -2.38. The van der Waals surface area contributed by atoms with Gasteiger partial charge in [-0.25, -0.2) is 13.4 Å². The lowest BCUT2D eigenvalue weighted by atomic mass is 9.89. The molecule has 1 aliphatic carbocycles. The summed E-state index contributed by atoms with van der Waals surface area (Å²) in [6.07, 6.45) is 9.58. The summed E-state index contributed by atoms with van der Waals surface area (Å²) in [5.74, 6) is 0. The molecular formula is C12H17ClN2O3S. The van der Waals surface area contributed by atoms with E-state index in [2.05, 4.69) is 4.98 Å². The van der Waals surface area contributed by atoms with Gasteiger partial charge in [-0.05, 0) is 25.7 Å². The van der Waals surface area contributed by atoms with Crippen molar-refractivity contribution in [3.8, 4) is 0 Å². The first-order valence-electron chi connectivity index (χ1n) is 6.61. The Kier molecular flexibility index (Phi) is 3.35. The molecule has 1 spiro atoms. The molecule has 3 rings (SSSR count). The molecule has 1 atom stereocenters. The third-order valence-corrected chi connectivity index (χ3v) is 5.42. The highest BCUT2D eigenvalue weighted by molar-refractivity contribution is 8.13. The number of hydrogen-bond acceptors (Lipinski definition) is 4. The van der Waals surface area contributed by atoms with Crippen LogP contribution in [0, 0.1) is 0 Å². The average Bonchev–Trinajstić information content (AvgIpc) is 2.98. The minimum absolute atomic E-state index is 0.00713. The molecule has 1 aliphatic heterocycles. The van der Waals surface area contributed by atoms with Crippen LogP contribution in [-0.2, 0) is 13.8 Å². The maximum absolute atomic E-state index is 11.2. The minimum Gasteiger partial charge on any atom is -0.375 e. The van der Waals surface area contributed by atoms with Crippen molar-refractivity contribution in [2.75, 3.05) is 6.61 Å². The Hall–Kier alpha value is -0.590. The molecule has 0 aromatic carbocycles. The van der Waals surface area contributed by atoms with Gasteiger partial charge in [-0.2, -0.15) is 0 Å². The maximum atomic E-state index is 11.2. The third-order valence-electron chi connectivity index (χ3n) is 4.23. The number of nitrogens with zero attached hydrogens (tertiary/aromatic N) is 2. The summed E-state index contributed by atoms with van der Waals surface area (Å²) in [6.45, 7) is 0.728. The molecule has 0 N–H and O–H groups in total. The van der Waals surface area contributed by atoms with E-state index in [1.54, 1.807) is 6.33 Å². The number of ether oxygens (including phenoxy) is 1. The predicted octanol–water partition coefficient (Wildman–Crippen LogP) is 2.47. The number of halogens is 1. The van der Waals surface area contributed by atoms with E-state index in [1.807, 2.05) is 4.57 Å². The Morgan fingerprint density at radius 3 is 2.79 bits per heavy atom. The molecule has 1 unspecified atom stereocenters.